The Kier molecular flexibility index (Phi) is 10.5. The number of ether oxygens (including phenoxy) is 3. The Hall–Kier alpha value is -1.88. The van der Waals surface area contributed by atoms with E-state index in [4.69, 9.17) is 14.2 Å². The quantitative estimate of drug-likeness (QED) is 0.260. The van der Waals surface area contributed by atoms with E-state index < -0.39 is 47.7 Å². The molecule has 2 heterocycles. The molecule has 2 N–H and O–H groups in total. The number of piperidine rings is 1. The van der Waals surface area contributed by atoms with Gasteiger partial charge in [-0.25, -0.2) is 4.79 Å². The van der Waals surface area contributed by atoms with E-state index in [2.05, 4.69) is 11.7 Å². The van der Waals surface area contributed by atoms with Crippen LogP contribution in [0.4, 0.5) is 0 Å². The summed E-state index contributed by atoms with van der Waals surface area (Å²) in [5, 5.41) is 21.2. The topological polar surface area (TPSA) is 135 Å². The van der Waals surface area contributed by atoms with Crippen LogP contribution in [0.2, 0.25) is 0 Å². The van der Waals surface area contributed by atoms with Gasteiger partial charge in [0, 0.05) is 25.5 Å². The van der Waals surface area contributed by atoms with Gasteiger partial charge in [0.1, 0.15) is 6.04 Å². The number of rotatable bonds is 9. The molecule has 38 heavy (non-hydrogen) atoms. The van der Waals surface area contributed by atoms with Crippen LogP contribution >= 0.6 is 0 Å². The lowest BCUT2D eigenvalue weighted by atomic mass is 9.80. The third-order valence-electron chi connectivity index (χ3n) is 8.89. The number of hydrogen-bond donors (Lipinski definition) is 2. The number of amides is 1. The normalized spacial score (nSPS) is 37.7. The molecule has 0 radical (unpaired) electrons. The fourth-order valence-electron chi connectivity index (χ4n) is 6.24. The molecule has 10 unspecified atom stereocenters. The summed E-state index contributed by atoms with van der Waals surface area (Å²) in [6.45, 7) is 11.2. The molecular formula is C28H46N2O8. The van der Waals surface area contributed by atoms with Crippen molar-refractivity contribution < 1.29 is 38.8 Å². The number of Topliss-reactive ketones (excluding diaryl/α,β-unsaturated/α-hetero) is 1. The standard InChI is InChI=1S/C28H46N2O8/c1-16-13-18(3)28(35,38-19(16)4)24(32)26(33)30-12-8-7-9-21(30)27(34)37-25(29-5)17(2)14-20-10-11-22(31)23(15-20)36-6/h16-23,25,31,35H,5,7-15H2,1-4,6H3. The molecule has 1 aliphatic carbocycles. The van der Waals surface area contributed by atoms with E-state index in [0.717, 1.165) is 6.42 Å². The van der Waals surface area contributed by atoms with Gasteiger partial charge in [-0.1, -0.05) is 20.8 Å². The molecule has 10 heteroatoms. The van der Waals surface area contributed by atoms with Crippen molar-refractivity contribution in [3.8, 4) is 0 Å². The molecule has 0 aromatic carbocycles. The van der Waals surface area contributed by atoms with Gasteiger partial charge in [0.05, 0.1) is 18.3 Å². The molecule has 3 aliphatic rings. The van der Waals surface area contributed by atoms with E-state index in [9.17, 15) is 24.6 Å². The van der Waals surface area contributed by atoms with Crippen LogP contribution in [0, 0.1) is 23.7 Å². The molecule has 0 bridgehead atoms. The highest BCUT2D eigenvalue weighted by Gasteiger charge is 2.53. The third-order valence-corrected chi connectivity index (χ3v) is 8.89. The van der Waals surface area contributed by atoms with Crippen LogP contribution in [-0.2, 0) is 28.6 Å². The number of likely N-dealkylation sites (tertiary alicyclic amines) is 1. The first-order chi connectivity index (χ1) is 17.9. The van der Waals surface area contributed by atoms with Crippen molar-refractivity contribution in [2.75, 3.05) is 13.7 Å². The van der Waals surface area contributed by atoms with E-state index in [-0.39, 0.29) is 36.5 Å². The average molecular weight is 539 g/mol. The van der Waals surface area contributed by atoms with Crippen molar-refractivity contribution in [1.29, 1.82) is 0 Å². The van der Waals surface area contributed by atoms with Gasteiger partial charge >= 0.3 is 5.97 Å². The molecule has 1 amide bonds. The van der Waals surface area contributed by atoms with Crippen LogP contribution in [0.5, 0.6) is 0 Å². The number of aliphatic hydroxyl groups excluding tert-OH is 1. The first kappa shape index (κ1) is 30.7. The zero-order chi connectivity index (χ0) is 28.2. The molecule has 10 atom stereocenters. The minimum absolute atomic E-state index is 0.135. The second kappa shape index (κ2) is 13.0. The number of methoxy groups -OCH3 is 1. The zero-order valence-corrected chi connectivity index (χ0v) is 23.5. The lowest BCUT2D eigenvalue weighted by Gasteiger charge is -2.43. The molecule has 3 fully saturated rings. The predicted octanol–water partition coefficient (Wildman–Crippen LogP) is 2.48. The zero-order valence-electron chi connectivity index (χ0n) is 23.5. The SMILES string of the molecule is C=NC(OC(=O)C1CCCCN1C(=O)C(=O)C1(O)OC(C)C(C)CC1C)C(C)CC1CCC(O)C(OC)C1. The van der Waals surface area contributed by atoms with E-state index in [1.807, 2.05) is 13.8 Å². The van der Waals surface area contributed by atoms with Crippen molar-refractivity contribution in [2.45, 2.75) is 115 Å². The lowest BCUT2D eigenvalue weighted by molar-refractivity contribution is -0.270. The molecule has 0 aromatic rings. The summed E-state index contributed by atoms with van der Waals surface area (Å²) in [6, 6.07) is -0.946. The highest BCUT2D eigenvalue weighted by atomic mass is 16.6. The summed E-state index contributed by atoms with van der Waals surface area (Å²) >= 11 is 0. The Bertz CT molecular complexity index is 868. The summed E-state index contributed by atoms with van der Waals surface area (Å²) in [4.78, 5) is 45.2. The van der Waals surface area contributed by atoms with Crippen LogP contribution in [0.3, 0.4) is 0 Å². The van der Waals surface area contributed by atoms with E-state index in [0.29, 0.717) is 44.9 Å². The van der Waals surface area contributed by atoms with Crippen molar-refractivity contribution in [3.05, 3.63) is 0 Å². The first-order valence-electron chi connectivity index (χ1n) is 14.1. The van der Waals surface area contributed by atoms with Crippen LogP contribution in [0.15, 0.2) is 4.99 Å². The molecule has 0 spiro atoms. The maximum atomic E-state index is 13.3. The Balaban J connectivity index is 1.66. The Labute approximate surface area is 226 Å². The smallest absolute Gasteiger partial charge is 0.330 e. The molecule has 2 aliphatic heterocycles. The number of hydrogen-bond acceptors (Lipinski definition) is 9. The molecule has 10 nitrogen and oxygen atoms in total. The second-order valence-electron chi connectivity index (χ2n) is 11.7. The molecule has 1 saturated carbocycles. The molecule has 2 saturated heterocycles. The van der Waals surface area contributed by atoms with Crippen molar-refractivity contribution >= 4 is 24.4 Å². The van der Waals surface area contributed by atoms with E-state index in [1.165, 1.54) is 4.90 Å². The van der Waals surface area contributed by atoms with Gasteiger partial charge in [0.15, 0.2) is 6.23 Å². The minimum atomic E-state index is -2.22. The largest absolute Gasteiger partial charge is 0.438 e. The highest BCUT2D eigenvalue weighted by molar-refractivity contribution is 6.39. The molecule has 216 valence electrons. The predicted molar refractivity (Wildman–Crippen MR) is 140 cm³/mol. The average Bonchev–Trinajstić information content (AvgIpc) is 2.90. The number of aliphatic imine (C=N–C) groups is 1. The Morgan fingerprint density at radius 1 is 1.16 bits per heavy atom. The number of ketones is 1. The van der Waals surface area contributed by atoms with Gasteiger partial charge < -0.3 is 29.3 Å². The van der Waals surface area contributed by atoms with Gasteiger partial charge in [0.2, 0.25) is 5.79 Å². The van der Waals surface area contributed by atoms with Gasteiger partial charge in [-0.3, -0.25) is 14.6 Å². The van der Waals surface area contributed by atoms with Crippen LogP contribution in [0.1, 0.15) is 79.1 Å². The summed E-state index contributed by atoms with van der Waals surface area (Å²) in [5.41, 5.74) is 0. The highest BCUT2D eigenvalue weighted by Crippen LogP contribution is 2.37. The van der Waals surface area contributed by atoms with Gasteiger partial charge in [-0.2, -0.15) is 0 Å². The minimum Gasteiger partial charge on any atom is -0.438 e. The number of esters is 1. The molecule has 0 aromatic heterocycles. The Morgan fingerprint density at radius 2 is 1.87 bits per heavy atom. The first-order valence-corrected chi connectivity index (χ1v) is 14.1. The molecule has 3 rings (SSSR count). The van der Waals surface area contributed by atoms with Gasteiger partial charge in [-0.15, -0.1) is 0 Å². The lowest BCUT2D eigenvalue weighted by Crippen LogP contribution is -2.61. The summed E-state index contributed by atoms with van der Waals surface area (Å²) in [5.74, 6) is -5.09. The number of carbonyl (C=O) groups excluding carboxylic acids is 3. The van der Waals surface area contributed by atoms with Gasteiger partial charge in [0.25, 0.3) is 11.7 Å². The van der Waals surface area contributed by atoms with E-state index in [1.54, 1.807) is 21.0 Å². The maximum Gasteiger partial charge on any atom is 0.330 e. The summed E-state index contributed by atoms with van der Waals surface area (Å²) < 4.78 is 16.8. The van der Waals surface area contributed by atoms with Gasteiger partial charge in [-0.05, 0) is 76.8 Å². The summed E-state index contributed by atoms with van der Waals surface area (Å²) in [6.07, 6.45) is 3.29. The fourth-order valence-corrected chi connectivity index (χ4v) is 6.24. The van der Waals surface area contributed by atoms with Crippen molar-refractivity contribution in [2.24, 2.45) is 28.7 Å². The Morgan fingerprint density at radius 3 is 2.53 bits per heavy atom. The van der Waals surface area contributed by atoms with Crippen molar-refractivity contribution in [3.63, 3.8) is 0 Å². The fraction of sp³-hybridized carbons (Fsp3) is 0.857. The maximum absolute atomic E-state index is 13.3. The van der Waals surface area contributed by atoms with Crippen LogP contribution in [0.25, 0.3) is 0 Å². The monoisotopic (exact) mass is 538 g/mol. The van der Waals surface area contributed by atoms with Crippen molar-refractivity contribution in [1.82, 2.24) is 4.90 Å². The van der Waals surface area contributed by atoms with E-state index >= 15 is 0 Å². The third kappa shape index (κ3) is 6.63. The van der Waals surface area contributed by atoms with Crippen LogP contribution in [-0.4, -0.2) is 89.5 Å². The number of aliphatic hydroxyl groups is 2. The second-order valence-corrected chi connectivity index (χ2v) is 11.7. The number of nitrogens with zero attached hydrogens (tertiary/aromatic N) is 2. The molecular weight excluding hydrogens is 492 g/mol. The van der Waals surface area contributed by atoms with Crippen LogP contribution < -0.4 is 0 Å². The number of carbonyl (C=O) groups is 3. The summed E-state index contributed by atoms with van der Waals surface area (Å²) in [7, 11) is 1.60.